The van der Waals surface area contributed by atoms with Gasteiger partial charge in [-0.15, -0.1) is 0 Å². The molecule has 0 saturated carbocycles. The molecule has 1 unspecified atom stereocenters. The summed E-state index contributed by atoms with van der Waals surface area (Å²) < 4.78 is 0. The Balaban J connectivity index is 2.09. The molecule has 0 aromatic heterocycles. The van der Waals surface area contributed by atoms with E-state index in [-0.39, 0.29) is 0 Å². The van der Waals surface area contributed by atoms with Gasteiger partial charge in [-0.25, -0.2) is 0 Å². The first kappa shape index (κ1) is 18.8. The fourth-order valence-corrected chi connectivity index (χ4v) is 3.53. The van der Waals surface area contributed by atoms with Gasteiger partial charge in [-0.3, -0.25) is 0 Å². The van der Waals surface area contributed by atoms with E-state index in [1.54, 1.807) is 11.1 Å². The zero-order valence-electron chi connectivity index (χ0n) is 16.4. The SMILES string of the molecule is Cc1ccc(CCC(C)c2ccc(C)cc2CCC(C)C)c(C)c1. The quantitative estimate of drug-likeness (QED) is 0.518. The molecule has 2 aromatic carbocycles. The Labute approximate surface area is 149 Å². The molecule has 2 rings (SSSR count). The highest BCUT2D eigenvalue weighted by Gasteiger charge is 2.12. The predicted octanol–water partition coefficient (Wildman–Crippen LogP) is 6.94. The molecule has 0 aliphatic carbocycles. The molecular weight excluding hydrogens is 288 g/mol. The lowest BCUT2D eigenvalue weighted by Gasteiger charge is -2.19. The lowest BCUT2D eigenvalue weighted by molar-refractivity contribution is 0.579. The van der Waals surface area contributed by atoms with Crippen molar-refractivity contribution < 1.29 is 0 Å². The third-order valence-electron chi connectivity index (χ3n) is 5.17. The summed E-state index contributed by atoms with van der Waals surface area (Å²) in [5.41, 5.74) is 8.81. The minimum atomic E-state index is 0.619. The average molecular weight is 323 g/mol. The molecule has 0 saturated heterocycles. The van der Waals surface area contributed by atoms with Crippen LogP contribution in [0.4, 0.5) is 0 Å². The van der Waals surface area contributed by atoms with Crippen LogP contribution in [0.3, 0.4) is 0 Å². The minimum Gasteiger partial charge on any atom is -0.0628 e. The number of benzene rings is 2. The summed E-state index contributed by atoms with van der Waals surface area (Å²) in [6.45, 7) is 13.7. The molecule has 0 spiro atoms. The molecule has 0 amide bonds. The highest BCUT2D eigenvalue weighted by molar-refractivity contribution is 5.35. The van der Waals surface area contributed by atoms with E-state index in [9.17, 15) is 0 Å². The summed E-state index contributed by atoms with van der Waals surface area (Å²) in [6.07, 6.45) is 4.88. The second-order valence-corrected chi connectivity index (χ2v) is 8.00. The van der Waals surface area contributed by atoms with Gasteiger partial charge in [0.2, 0.25) is 0 Å². The van der Waals surface area contributed by atoms with Gasteiger partial charge in [0.15, 0.2) is 0 Å². The van der Waals surface area contributed by atoms with E-state index in [0.29, 0.717) is 5.92 Å². The molecule has 0 nitrogen and oxygen atoms in total. The Morgan fingerprint density at radius 2 is 1.33 bits per heavy atom. The summed E-state index contributed by atoms with van der Waals surface area (Å²) >= 11 is 0. The topological polar surface area (TPSA) is 0 Å². The van der Waals surface area contributed by atoms with E-state index in [1.165, 1.54) is 47.9 Å². The third-order valence-corrected chi connectivity index (χ3v) is 5.17. The van der Waals surface area contributed by atoms with Crippen LogP contribution in [0.1, 0.15) is 72.9 Å². The average Bonchev–Trinajstić information content (AvgIpc) is 2.52. The van der Waals surface area contributed by atoms with Crippen LogP contribution in [-0.4, -0.2) is 0 Å². The van der Waals surface area contributed by atoms with Crippen LogP contribution in [0, 0.1) is 26.7 Å². The maximum absolute atomic E-state index is 2.41. The molecule has 0 fully saturated rings. The van der Waals surface area contributed by atoms with E-state index in [4.69, 9.17) is 0 Å². The summed E-state index contributed by atoms with van der Waals surface area (Å²) in [6, 6.07) is 13.9. The van der Waals surface area contributed by atoms with Crippen LogP contribution in [-0.2, 0) is 12.8 Å². The smallest absolute Gasteiger partial charge is 0.0184 e. The highest BCUT2D eigenvalue weighted by atomic mass is 14.2. The maximum atomic E-state index is 2.41. The van der Waals surface area contributed by atoms with Crippen molar-refractivity contribution in [2.75, 3.05) is 0 Å². The van der Waals surface area contributed by atoms with Crippen molar-refractivity contribution in [3.63, 3.8) is 0 Å². The van der Waals surface area contributed by atoms with Crippen LogP contribution in [0.5, 0.6) is 0 Å². The van der Waals surface area contributed by atoms with Gasteiger partial charge in [0.25, 0.3) is 0 Å². The predicted molar refractivity (Wildman–Crippen MR) is 107 cm³/mol. The second kappa shape index (κ2) is 8.51. The van der Waals surface area contributed by atoms with Crippen LogP contribution >= 0.6 is 0 Å². The van der Waals surface area contributed by atoms with Crippen molar-refractivity contribution in [3.8, 4) is 0 Å². The number of hydrogen-bond acceptors (Lipinski definition) is 0. The zero-order chi connectivity index (χ0) is 17.7. The number of rotatable bonds is 7. The Morgan fingerprint density at radius 1 is 0.708 bits per heavy atom. The summed E-state index contributed by atoms with van der Waals surface area (Å²) in [5.74, 6) is 1.39. The summed E-state index contributed by atoms with van der Waals surface area (Å²) in [5, 5.41) is 0. The van der Waals surface area contributed by atoms with E-state index in [1.807, 2.05) is 0 Å². The van der Waals surface area contributed by atoms with Gasteiger partial charge in [-0.2, -0.15) is 0 Å². The molecule has 2 aromatic rings. The molecule has 130 valence electrons. The van der Waals surface area contributed by atoms with Gasteiger partial charge in [-0.05, 0) is 80.5 Å². The van der Waals surface area contributed by atoms with Crippen molar-refractivity contribution in [1.82, 2.24) is 0 Å². The lowest BCUT2D eigenvalue weighted by atomic mass is 9.86. The molecule has 0 heterocycles. The molecule has 1 atom stereocenters. The Kier molecular flexibility index (Phi) is 6.66. The first-order valence-electron chi connectivity index (χ1n) is 9.52. The lowest BCUT2D eigenvalue weighted by Crippen LogP contribution is -2.04. The minimum absolute atomic E-state index is 0.619. The van der Waals surface area contributed by atoms with E-state index < -0.39 is 0 Å². The second-order valence-electron chi connectivity index (χ2n) is 8.00. The van der Waals surface area contributed by atoms with Crippen molar-refractivity contribution >= 4 is 0 Å². The Bertz CT molecular complexity index is 664. The van der Waals surface area contributed by atoms with Crippen LogP contribution in [0.2, 0.25) is 0 Å². The number of hydrogen-bond donors (Lipinski definition) is 0. The van der Waals surface area contributed by atoms with E-state index in [2.05, 4.69) is 77.9 Å². The molecular formula is C24H34. The van der Waals surface area contributed by atoms with E-state index >= 15 is 0 Å². The van der Waals surface area contributed by atoms with Crippen molar-refractivity contribution in [1.29, 1.82) is 0 Å². The molecule has 0 aliphatic rings. The molecule has 24 heavy (non-hydrogen) atoms. The van der Waals surface area contributed by atoms with Gasteiger partial charge >= 0.3 is 0 Å². The standard InChI is InChI=1S/C24H34/c1-17(2)7-11-23-16-19(4)9-14-24(23)20(5)10-13-22-12-8-18(3)15-21(22)6/h8-9,12,14-17,20H,7,10-11,13H2,1-6H3. The zero-order valence-corrected chi connectivity index (χ0v) is 16.4. The van der Waals surface area contributed by atoms with Crippen LogP contribution in [0.15, 0.2) is 36.4 Å². The summed E-state index contributed by atoms with van der Waals surface area (Å²) in [7, 11) is 0. The molecule has 0 heteroatoms. The van der Waals surface area contributed by atoms with Crippen molar-refractivity contribution in [3.05, 3.63) is 69.8 Å². The highest BCUT2D eigenvalue weighted by Crippen LogP contribution is 2.28. The van der Waals surface area contributed by atoms with Gasteiger partial charge < -0.3 is 0 Å². The Hall–Kier alpha value is -1.56. The van der Waals surface area contributed by atoms with Gasteiger partial charge in [-0.1, -0.05) is 68.3 Å². The van der Waals surface area contributed by atoms with Gasteiger partial charge in [0.1, 0.15) is 0 Å². The van der Waals surface area contributed by atoms with Crippen LogP contribution < -0.4 is 0 Å². The molecule has 0 N–H and O–H groups in total. The largest absolute Gasteiger partial charge is 0.0628 e. The number of aryl methyl sites for hydroxylation is 5. The van der Waals surface area contributed by atoms with Gasteiger partial charge in [0.05, 0.1) is 0 Å². The Morgan fingerprint density at radius 3 is 2.00 bits per heavy atom. The van der Waals surface area contributed by atoms with Crippen molar-refractivity contribution in [2.24, 2.45) is 5.92 Å². The fraction of sp³-hybridized carbons (Fsp3) is 0.500. The molecule has 0 bridgehead atoms. The van der Waals surface area contributed by atoms with E-state index in [0.717, 1.165) is 5.92 Å². The summed E-state index contributed by atoms with van der Waals surface area (Å²) in [4.78, 5) is 0. The normalized spacial score (nSPS) is 12.6. The molecule has 0 aliphatic heterocycles. The first-order valence-corrected chi connectivity index (χ1v) is 9.52. The molecule has 0 radical (unpaired) electrons. The monoisotopic (exact) mass is 322 g/mol. The third kappa shape index (κ3) is 5.23. The van der Waals surface area contributed by atoms with Crippen molar-refractivity contribution in [2.45, 2.75) is 73.1 Å². The fourth-order valence-electron chi connectivity index (χ4n) is 3.53. The van der Waals surface area contributed by atoms with Gasteiger partial charge in [0, 0.05) is 0 Å². The van der Waals surface area contributed by atoms with Crippen LogP contribution in [0.25, 0.3) is 0 Å². The first-order chi connectivity index (χ1) is 11.4. The maximum Gasteiger partial charge on any atom is -0.0184 e.